The lowest BCUT2D eigenvalue weighted by Gasteiger charge is -2.39. The van der Waals surface area contributed by atoms with Crippen molar-refractivity contribution in [1.82, 2.24) is 5.32 Å². The molecular weight excluding hydrogens is 322 g/mol. The van der Waals surface area contributed by atoms with Gasteiger partial charge < -0.3 is 15.5 Å². The minimum Gasteiger partial charge on any atom is -0.508 e. The molecule has 2 atom stereocenters. The molecule has 1 amide bonds. The lowest BCUT2D eigenvalue weighted by molar-refractivity contribution is 0.0868. The van der Waals surface area contributed by atoms with Crippen LogP contribution in [0, 0.1) is 5.92 Å². The van der Waals surface area contributed by atoms with E-state index in [0.717, 1.165) is 19.3 Å². The molecule has 0 aromatic heterocycles. The third-order valence-electron chi connectivity index (χ3n) is 3.89. The highest BCUT2D eigenvalue weighted by Gasteiger charge is 2.35. The molecule has 1 aliphatic rings. The van der Waals surface area contributed by atoms with Gasteiger partial charge >= 0.3 is 0 Å². The van der Waals surface area contributed by atoms with Crippen molar-refractivity contribution in [2.24, 2.45) is 5.92 Å². The number of carbonyl (C=O) groups excluding carboxylic acids is 1. The highest BCUT2D eigenvalue weighted by molar-refractivity contribution is 9.09. The minimum absolute atomic E-state index is 0.111. The van der Waals surface area contributed by atoms with Gasteiger partial charge in [0, 0.05) is 17.0 Å². The lowest BCUT2D eigenvalue weighted by Crippen LogP contribution is -2.52. The van der Waals surface area contributed by atoms with Crippen molar-refractivity contribution in [2.45, 2.75) is 38.1 Å². The molecule has 3 N–H and O–H groups in total. The number of hydrogen-bond acceptors (Lipinski definition) is 3. The summed E-state index contributed by atoms with van der Waals surface area (Å²) < 4.78 is 0. The SMILES string of the molecule is CC1CCCC(CBr)(NC(=O)c2cc(O)cc(O)c2)C1. The van der Waals surface area contributed by atoms with E-state index in [4.69, 9.17) is 0 Å². The molecule has 0 aliphatic heterocycles. The van der Waals surface area contributed by atoms with Gasteiger partial charge in [-0.25, -0.2) is 0 Å². The number of amides is 1. The van der Waals surface area contributed by atoms with Crippen LogP contribution in [0.3, 0.4) is 0 Å². The third kappa shape index (κ3) is 3.45. The summed E-state index contributed by atoms with van der Waals surface area (Å²) in [6, 6.07) is 3.94. The highest BCUT2D eigenvalue weighted by atomic mass is 79.9. The Balaban J connectivity index is 2.16. The molecule has 0 radical (unpaired) electrons. The quantitative estimate of drug-likeness (QED) is 0.739. The number of rotatable bonds is 3. The molecule has 1 fully saturated rings. The average Bonchev–Trinajstić information content (AvgIpc) is 2.37. The topological polar surface area (TPSA) is 69.6 Å². The van der Waals surface area contributed by atoms with Gasteiger partial charge in [-0.15, -0.1) is 0 Å². The number of carbonyl (C=O) groups is 1. The third-order valence-corrected chi connectivity index (χ3v) is 4.96. The van der Waals surface area contributed by atoms with Crippen LogP contribution in [0.4, 0.5) is 0 Å². The summed E-state index contributed by atoms with van der Waals surface area (Å²) in [6.45, 7) is 2.20. The van der Waals surface area contributed by atoms with E-state index in [0.29, 0.717) is 11.2 Å². The molecule has 20 heavy (non-hydrogen) atoms. The van der Waals surface area contributed by atoms with Crippen LogP contribution in [-0.4, -0.2) is 27.0 Å². The van der Waals surface area contributed by atoms with Crippen LogP contribution in [0.15, 0.2) is 18.2 Å². The fraction of sp³-hybridized carbons (Fsp3) is 0.533. The number of phenols is 2. The van der Waals surface area contributed by atoms with E-state index in [1.54, 1.807) is 0 Å². The normalized spacial score (nSPS) is 26.2. The molecule has 1 aromatic carbocycles. The summed E-state index contributed by atoms with van der Waals surface area (Å²) in [5.41, 5.74) is 0.0385. The Morgan fingerprint density at radius 3 is 2.60 bits per heavy atom. The number of phenolic OH excluding ortho intramolecular Hbond substituents is 2. The number of aromatic hydroxyl groups is 2. The molecule has 0 spiro atoms. The zero-order valence-electron chi connectivity index (χ0n) is 11.5. The first-order chi connectivity index (χ1) is 9.44. The standard InChI is InChI=1S/C15H20BrNO3/c1-10-3-2-4-15(8-10,9-16)17-14(20)11-5-12(18)7-13(19)6-11/h5-7,10,18-19H,2-4,8-9H2,1H3,(H,17,20). The number of halogens is 1. The van der Waals surface area contributed by atoms with Gasteiger partial charge in [0.2, 0.25) is 0 Å². The predicted octanol–water partition coefficient (Wildman–Crippen LogP) is 3.17. The van der Waals surface area contributed by atoms with Crippen LogP contribution in [0.25, 0.3) is 0 Å². The Hall–Kier alpha value is -1.23. The van der Waals surface area contributed by atoms with E-state index in [2.05, 4.69) is 28.2 Å². The van der Waals surface area contributed by atoms with Crippen molar-refractivity contribution in [2.75, 3.05) is 5.33 Å². The Kier molecular flexibility index (Phi) is 4.58. The minimum atomic E-state index is -0.259. The van der Waals surface area contributed by atoms with Crippen molar-refractivity contribution < 1.29 is 15.0 Å². The van der Waals surface area contributed by atoms with Gasteiger partial charge in [-0.05, 0) is 30.9 Å². The second kappa shape index (κ2) is 6.04. The molecule has 1 saturated carbocycles. The summed E-state index contributed by atoms with van der Waals surface area (Å²) in [5, 5.41) is 22.7. The first-order valence-electron chi connectivity index (χ1n) is 6.86. The zero-order valence-corrected chi connectivity index (χ0v) is 13.1. The molecule has 0 saturated heterocycles. The Bertz CT molecular complexity index is 486. The summed E-state index contributed by atoms with van der Waals surface area (Å²) in [7, 11) is 0. The maximum Gasteiger partial charge on any atom is 0.252 e. The van der Waals surface area contributed by atoms with Crippen LogP contribution in [0.5, 0.6) is 11.5 Å². The van der Waals surface area contributed by atoms with Crippen molar-refractivity contribution in [3.63, 3.8) is 0 Å². The van der Waals surface area contributed by atoms with Gasteiger partial charge in [-0.3, -0.25) is 4.79 Å². The van der Waals surface area contributed by atoms with E-state index in [-0.39, 0.29) is 28.5 Å². The van der Waals surface area contributed by atoms with Crippen LogP contribution < -0.4 is 5.32 Å². The number of benzene rings is 1. The fourth-order valence-electron chi connectivity index (χ4n) is 2.97. The Labute approximate surface area is 127 Å². The Morgan fingerprint density at radius 2 is 2.05 bits per heavy atom. The lowest BCUT2D eigenvalue weighted by atomic mass is 9.77. The monoisotopic (exact) mass is 341 g/mol. The van der Waals surface area contributed by atoms with Crippen molar-refractivity contribution in [3.05, 3.63) is 23.8 Å². The molecule has 110 valence electrons. The number of hydrogen-bond donors (Lipinski definition) is 3. The first-order valence-corrected chi connectivity index (χ1v) is 7.98. The second-order valence-corrected chi connectivity index (χ2v) is 6.37. The Morgan fingerprint density at radius 1 is 1.40 bits per heavy atom. The number of alkyl halides is 1. The van der Waals surface area contributed by atoms with Gasteiger partial charge in [0.25, 0.3) is 5.91 Å². The first kappa shape index (κ1) is 15.2. The van der Waals surface area contributed by atoms with E-state index in [1.165, 1.54) is 24.6 Å². The highest BCUT2D eigenvalue weighted by Crippen LogP contribution is 2.34. The largest absolute Gasteiger partial charge is 0.508 e. The molecule has 2 unspecified atom stereocenters. The molecule has 4 nitrogen and oxygen atoms in total. The number of nitrogens with one attached hydrogen (secondary N) is 1. The molecule has 2 rings (SSSR count). The van der Waals surface area contributed by atoms with E-state index < -0.39 is 0 Å². The molecule has 1 aliphatic carbocycles. The smallest absolute Gasteiger partial charge is 0.252 e. The van der Waals surface area contributed by atoms with Crippen LogP contribution in [-0.2, 0) is 0 Å². The predicted molar refractivity (Wildman–Crippen MR) is 81.4 cm³/mol. The van der Waals surface area contributed by atoms with Gasteiger partial charge in [0.1, 0.15) is 11.5 Å². The van der Waals surface area contributed by atoms with Crippen molar-refractivity contribution in [3.8, 4) is 11.5 Å². The summed E-state index contributed by atoms with van der Waals surface area (Å²) >= 11 is 3.51. The van der Waals surface area contributed by atoms with Crippen LogP contribution >= 0.6 is 15.9 Å². The van der Waals surface area contributed by atoms with E-state index in [9.17, 15) is 15.0 Å². The van der Waals surface area contributed by atoms with Gasteiger partial charge in [0.05, 0.1) is 5.54 Å². The van der Waals surface area contributed by atoms with Crippen LogP contribution in [0.2, 0.25) is 0 Å². The molecule has 0 heterocycles. The van der Waals surface area contributed by atoms with Gasteiger partial charge in [-0.2, -0.15) is 0 Å². The average molecular weight is 342 g/mol. The molecule has 0 bridgehead atoms. The van der Waals surface area contributed by atoms with Gasteiger partial charge in [0.15, 0.2) is 0 Å². The van der Waals surface area contributed by atoms with Crippen LogP contribution in [0.1, 0.15) is 43.0 Å². The van der Waals surface area contributed by atoms with Crippen molar-refractivity contribution in [1.29, 1.82) is 0 Å². The van der Waals surface area contributed by atoms with E-state index in [1.807, 2.05) is 0 Å². The zero-order chi connectivity index (χ0) is 14.8. The summed E-state index contributed by atoms with van der Waals surface area (Å²) in [5.74, 6) is 0.101. The molecular formula is C15H20BrNO3. The summed E-state index contributed by atoms with van der Waals surface area (Å²) in [4.78, 5) is 12.3. The molecule has 1 aromatic rings. The maximum atomic E-state index is 12.3. The second-order valence-electron chi connectivity index (χ2n) is 5.81. The molecule has 5 heteroatoms. The van der Waals surface area contributed by atoms with Crippen molar-refractivity contribution >= 4 is 21.8 Å². The summed E-state index contributed by atoms with van der Waals surface area (Å²) in [6.07, 6.45) is 4.17. The van der Waals surface area contributed by atoms with Gasteiger partial charge in [-0.1, -0.05) is 35.7 Å². The maximum absolute atomic E-state index is 12.3. The fourth-order valence-corrected chi connectivity index (χ4v) is 3.62. The van der Waals surface area contributed by atoms with E-state index >= 15 is 0 Å².